The summed E-state index contributed by atoms with van der Waals surface area (Å²) in [5.41, 5.74) is 3.60. The minimum absolute atomic E-state index is 0.111. The zero-order valence-electron chi connectivity index (χ0n) is 12.4. The van der Waals surface area contributed by atoms with Gasteiger partial charge in [0.25, 0.3) is 0 Å². The van der Waals surface area contributed by atoms with Gasteiger partial charge >= 0.3 is 0 Å². The number of amides is 1. The molecule has 20 heavy (non-hydrogen) atoms. The van der Waals surface area contributed by atoms with Crippen molar-refractivity contribution in [1.82, 2.24) is 4.98 Å². The molecule has 2 rings (SSSR count). The van der Waals surface area contributed by atoms with Crippen molar-refractivity contribution in [2.75, 3.05) is 5.32 Å². The van der Waals surface area contributed by atoms with Crippen molar-refractivity contribution in [1.29, 1.82) is 0 Å². The molecule has 0 aliphatic rings. The van der Waals surface area contributed by atoms with Crippen LogP contribution in [-0.4, -0.2) is 10.9 Å². The molecular weight excluding hydrogens is 248 g/mol. The summed E-state index contributed by atoms with van der Waals surface area (Å²) in [5, 5.41) is 2.67. The first-order chi connectivity index (χ1) is 9.36. The molecule has 104 valence electrons. The molecule has 0 saturated heterocycles. The highest BCUT2D eigenvalue weighted by Gasteiger charge is 2.14. The number of hydrogen-bond donors (Lipinski definition) is 1. The predicted octanol–water partition coefficient (Wildman–Crippen LogP) is 4.00. The Morgan fingerprint density at radius 2 is 1.85 bits per heavy atom. The molecule has 1 aromatic heterocycles. The van der Waals surface area contributed by atoms with E-state index in [1.54, 1.807) is 6.20 Å². The van der Waals surface area contributed by atoms with Gasteiger partial charge in [-0.05, 0) is 28.7 Å². The van der Waals surface area contributed by atoms with Gasteiger partial charge in [-0.25, -0.2) is 4.98 Å². The third kappa shape index (κ3) is 3.44. The molecule has 0 unspecified atom stereocenters. The number of benzene rings is 1. The molecule has 0 saturated carbocycles. The van der Waals surface area contributed by atoms with Crippen LogP contribution >= 0.6 is 0 Å². The van der Waals surface area contributed by atoms with Crippen molar-refractivity contribution in [3.05, 3.63) is 48.2 Å². The molecule has 0 radical (unpaired) electrons. The van der Waals surface area contributed by atoms with Crippen molar-refractivity contribution in [3.63, 3.8) is 0 Å². The van der Waals surface area contributed by atoms with Gasteiger partial charge in [-0.15, -0.1) is 0 Å². The SMILES string of the molecule is CC(=O)Nc1ccc(-c2cccc(C(C)(C)C)c2)cn1. The standard InChI is InChI=1S/C17H20N2O/c1-12(20)19-16-9-8-14(11-18-16)13-6-5-7-15(10-13)17(2,3)4/h5-11H,1-4H3,(H,18,19,20). The molecule has 3 nitrogen and oxygen atoms in total. The lowest BCUT2D eigenvalue weighted by Gasteiger charge is -2.19. The second kappa shape index (κ2) is 5.45. The summed E-state index contributed by atoms with van der Waals surface area (Å²) in [6.45, 7) is 8.07. The Kier molecular flexibility index (Phi) is 3.89. The molecule has 0 bridgehead atoms. The first-order valence-corrected chi connectivity index (χ1v) is 6.71. The number of pyridine rings is 1. The topological polar surface area (TPSA) is 42.0 Å². The fourth-order valence-corrected chi connectivity index (χ4v) is 1.98. The molecule has 2 aromatic rings. The molecule has 3 heteroatoms. The van der Waals surface area contributed by atoms with E-state index in [1.165, 1.54) is 12.5 Å². The van der Waals surface area contributed by atoms with Gasteiger partial charge in [0.2, 0.25) is 5.91 Å². The van der Waals surface area contributed by atoms with Crippen molar-refractivity contribution < 1.29 is 4.79 Å². The van der Waals surface area contributed by atoms with Gasteiger partial charge < -0.3 is 5.32 Å². The van der Waals surface area contributed by atoms with Crippen molar-refractivity contribution >= 4 is 11.7 Å². The molecule has 0 spiro atoms. The summed E-state index contributed by atoms with van der Waals surface area (Å²) in [6.07, 6.45) is 1.78. The molecule has 1 aromatic carbocycles. The van der Waals surface area contributed by atoms with Crippen LogP contribution in [0.1, 0.15) is 33.3 Å². The van der Waals surface area contributed by atoms with E-state index in [9.17, 15) is 4.79 Å². The monoisotopic (exact) mass is 268 g/mol. The van der Waals surface area contributed by atoms with Crippen LogP contribution in [0, 0.1) is 0 Å². The van der Waals surface area contributed by atoms with Crippen LogP contribution in [0.2, 0.25) is 0 Å². The number of hydrogen-bond acceptors (Lipinski definition) is 2. The van der Waals surface area contributed by atoms with Gasteiger partial charge in [-0.1, -0.05) is 45.0 Å². The fraction of sp³-hybridized carbons (Fsp3) is 0.294. The Balaban J connectivity index is 2.30. The van der Waals surface area contributed by atoms with Crippen molar-refractivity contribution in [2.45, 2.75) is 33.1 Å². The van der Waals surface area contributed by atoms with E-state index in [1.807, 2.05) is 12.1 Å². The van der Waals surface area contributed by atoms with Crippen LogP contribution in [0.15, 0.2) is 42.6 Å². The third-order valence-corrected chi connectivity index (χ3v) is 3.13. The number of anilines is 1. The Labute approximate surface area is 120 Å². The highest BCUT2D eigenvalue weighted by molar-refractivity contribution is 5.87. The van der Waals surface area contributed by atoms with Gasteiger partial charge in [0, 0.05) is 18.7 Å². The molecule has 0 aliphatic carbocycles. The third-order valence-electron chi connectivity index (χ3n) is 3.13. The lowest BCUT2D eigenvalue weighted by Crippen LogP contribution is -2.10. The lowest BCUT2D eigenvalue weighted by molar-refractivity contribution is -0.114. The maximum atomic E-state index is 11.0. The van der Waals surface area contributed by atoms with Gasteiger partial charge in [-0.3, -0.25) is 4.79 Å². The fourth-order valence-electron chi connectivity index (χ4n) is 1.98. The Morgan fingerprint density at radius 3 is 2.40 bits per heavy atom. The number of nitrogens with zero attached hydrogens (tertiary/aromatic N) is 1. The van der Waals surface area contributed by atoms with E-state index in [0.29, 0.717) is 5.82 Å². The summed E-state index contributed by atoms with van der Waals surface area (Å²) in [6, 6.07) is 12.3. The minimum Gasteiger partial charge on any atom is -0.311 e. The quantitative estimate of drug-likeness (QED) is 0.894. The summed E-state index contributed by atoms with van der Waals surface area (Å²) in [5.74, 6) is 0.466. The van der Waals surface area contributed by atoms with E-state index in [4.69, 9.17) is 0 Å². The first-order valence-electron chi connectivity index (χ1n) is 6.71. The number of carbonyl (C=O) groups is 1. The van der Waals surface area contributed by atoms with Gasteiger partial charge in [0.05, 0.1) is 0 Å². The highest BCUT2D eigenvalue weighted by atomic mass is 16.1. The van der Waals surface area contributed by atoms with E-state index >= 15 is 0 Å². The van der Waals surface area contributed by atoms with E-state index in [2.05, 4.69) is 55.3 Å². The average molecular weight is 268 g/mol. The van der Waals surface area contributed by atoms with Gasteiger partial charge in [0.15, 0.2) is 0 Å². The van der Waals surface area contributed by atoms with Crippen LogP contribution in [0.4, 0.5) is 5.82 Å². The summed E-state index contributed by atoms with van der Waals surface area (Å²) >= 11 is 0. The van der Waals surface area contributed by atoms with E-state index in [0.717, 1.165) is 11.1 Å². The normalized spacial score (nSPS) is 11.2. The molecule has 0 aliphatic heterocycles. The van der Waals surface area contributed by atoms with Gasteiger partial charge in [0.1, 0.15) is 5.82 Å². The van der Waals surface area contributed by atoms with Crippen molar-refractivity contribution in [3.8, 4) is 11.1 Å². The van der Waals surface area contributed by atoms with Crippen LogP contribution in [-0.2, 0) is 10.2 Å². The zero-order valence-corrected chi connectivity index (χ0v) is 12.4. The highest BCUT2D eigenvalue weighted by Crippen LogP contribution is 2.27. The van der Waals surface area contributed by atoms with Crippen LogP contribution < -0.4 is 5.32 Å². The molecule has 1 heterocycles. The Morgan fingerprint density at radius 1 is 1.10 bits per heavy atom. The second-order valence-electron chi connectivity index (χ2n) is 5.94. The maximum Gasteiger partial charge on any atom is 0.222 e. The van der Waals surface area contributed by atoms with Crippen LogP contribution in [0.5, 0.6) is 0 Å². The molecule has 0 fully saturated rings. The number of nitrogens with one attached hydrogen (secondary N) is 1. The number of rotatable bonds is 2. The van der Waals surface area contributed by atoms with E-state index in [-0.39, 0.29) is 11.3 Å². The summed E-state index contributed by atoms with van der Waals surface area (Å²) < 4.78 is 0. The lowest BCUT2D eigenvalue weighted by atomic mass is 9.85. The van der Waals surface area contributed by atoms with Crippen molar-refractivity contribution in [2.24, 2.45) is 0 Å². The molecule has 1 N–H and O–H groups in total. The van der Waals surface area contributed by atoms with E-state index < -0.39 is 0 Å². The summed E-state index contributed by atoms with van der Waals surface area (Å²) in [4.78, 5) is 15.2. The number of aromatic nitrogens is 1. The largest absolute Gasteiger partial charge is 0.311 e. The van der Waals surface area contributed by atoms with Crippen LogP contribution in [0.25, 0.3) is 11.1 Å². The average Bonchev–Trinajstić information content (AvgIpc) is 2.38. The number of carbonyl (C=O) groups excluding carboxylic acids is 1. The Bertz CT molecular complexity index is 610. The van der Waals surface area contributed by atoms with Gasteiger partial charge in [-0.2, -0.15) is 0 Å². The summed E-state index contributed by atoms with van der Waals surface area (Å²) in [7, 11) is 0. The zero-order chi connectivity index (χ0) is 14.8. The second-order valence-corrected chi connectivity index (χ2v) is 5.94. The maximum absolute atomic E-state index is 11.0. The smallest absolute Gasteiger partial charge is 0.222 e. The predicted molar refractivity (Wildman–Crippen MR) is 82.7 cm³/mol. The minimum atomic E-state index is -0.111. The van der Waals surface area contributed by atoms with Crippen LogP contribution in [0.3, 0.4) is 0 Å². The molecule has 0 atom stereocenters. The molecule has 1 amide bonds. The molecular formula is C17H20N2O. The Hall–Kier alpha value is -2.16. The first kappa shape index (κ1) is 14.3.